The van der Waals surface area contributed by atoms with Crippen LogP contribution in [0.15, 0.2) is 42.7 Å². The molecule has 0 radical (unpaired) electrons. The molecule has 2 amide bonds. The molecule has 0 aliphatic carbocycles. The number of aryl methyl sites for hydroxylation is 1. The van der Waals surface area contributed by atoms with Crippen LogP contribution in [0.3, 0.4) is 0 Å². The fourth-order valence-corrected chi connectivity index (χ4v) is 4.78. The first kappa shape index (κ1) is 19.9. The van der Waals surface area contributed by atoms with E-state index >= 15 is 0 Å². The lowest BCUT2D eigenvalue weighted by Crippen LogP contribution is -2.36. The summed E-state index contributed by atoms with van der Waals surface area (Å²) in [6, 6.07) is 9.46. The third-order valence-electron chi connectivity index (χ3n) is 6.13. The Hall–Kier alpha value is -2.44. The number of primary amides is 1. The Labute approximate surface area is 175 Å². The number of hydrogen-bond donors (Lipinski definition) is 1. The molecule has 3 unspecified atom stereocenters. The number of benzene rings is 1. The van der Waals surface area contributed by atoms with Gasteiger partial charge in [0, 0.05) is 56.1 Å². The van der Waals surface area contributed by atoms with Gasteiger partial charge < -0.3 is 10.6 Å². The topological polar surface area (TPSA) is 79.5 Å². The molecule has 7 heteroatoms. The lowest BCUT2D eigenvalue weighted by molar-refractivity contribution is -0.119. The zero-order valence-corrected chi connectivity index (χ0v) is 17.2. The Morgan fingerprint density at radius 2 is 1.93 bits per heavy atom. The Morgan fingerprint density at radius 1 is 1.21 bits per heavy atom. The van der Waals surface area contributed by atoms with E-state index in [0.29, 0.717) is 22.4 Å². The number of nitrogens with two attached hydrogens (primary N) is 1. The van der Waals surface area contributed by atoms with Crippen molar-refractivity contribution in [3.05, 3.63) is 64.4 Å². The summed E-state index contributed by atoms with van der Waals surface area (Å²) in [7, 11) is 0. The second-order valence-electron chi connectivity index (χ2n) is 8.12. The lowest BCUT2D eigenvalue weighted by atomic mass is 10.0. The zero-order valence-electron chi connectivity index (χ0n) is 16.4. The number of fused-ring (bicyclic) bond motifs is 1. The first-order chi connectivity index (χ1) is 13.9. The molecule has 6 nitrogen and oxygen atoms in total. The summed E-state index contributed by atoms with van der Waals surface area (Å²) in [5.74, 6) is 0.508. The highest BCUT2D eigenvalue weighted by Crippen LogP contribution is 2.38. The molecule has 2 saturated heterocycles. The maximum Gasteiger partial charge on any atom is 0.255 e. The summed E-state index contributed by atoms with van der Waals surface area (Å²) >= 11 is 6.33. The van der Waals surface area contributed by atoms with E-state index in [2.05, 4.69) is 9.88 Å². The van der Waals surface area contributed by atoms with E-state index in [1.165, 1.54) is 0 Å². The van der Waals surface area contributed by atoms with Gasteiger partial charge in [-0.1, -0.05) is 23.7 Å². The van der Waals surface area contributed by atoms with Crippen LogP contribution in [-0.4, -0.2) is 52.8 Å². The van der Waals surface area contributed by atoms with Gasteiger partial charge in [-0.25, -0.2) is 0 Å². The molecule has 29 heavy (non-hydrogen) atoms. The predicted molar refractivity (Wildman–Crippen MR) is 111 cm³/mol. The van der Waals surface area contributed by atoms with Crippen molar-refractivity contribution in [1.82, 2.24) is 14.8 Å². The lowest BCUT2D eigenvalue weighted by Gasteiger charge is -2.29. The SMILES string of the molecule is Cc1ccc(C(CC(N)=O)N2CC3CN(C(=O)c4cccnc4)CC3C2)cc1Cl. The molecule has 1 aromatic heterocycles. The van der Waals surface area contributed by atoms with E-state index in [1.807, 2.05) is 30.0 Å². The number of likely N-dealkylation sites (tertiary alicyclic amines) is 2. The van der Waals surface area contributed by atoms with Crippen molar-refractivity contribution in [2.24, 2.45) is 17.6 Å². The highest BCUT2D eigenvalue weighted by Gasteiger charge is 2.44. The van der Waals surface area contributed by atoms with Gasteiger partial charge >= 0.3 is 0 Å². The molecule has 2 fully saturated rings. The van der Waals surface area contributed by atoms with Crippen LogP contribution < -0.4 is 5.73 Å². The number of hydrogen-bond acceptors (Lipinski definition) is 4. The van der Waals surface area contributed by atoms with Crippen LogP contribution in [0.5, 0.6) is 0 Å². The third-order valence-corrected chi connectivity index (χ3v) is 6.53. The molecule has 0 spiro atoms. The Balaban J connectivity index is 1.47. The molecule has 2 aromatic rings. The number of pyridine rings is 1. The van der Waals surface area contributed by atoms with Crippen molar-refractivity contribution in [1.29, 1.82) is 0 Å². The summed E-state index contributed by atoms with van der Waals surface area (Å²) in [6.07, 6.45) is 3.55. The van der Waals surface area contributed by atoms with Crippen molar-refractivity contribution in [2.45, 2.75) is 19.4 Å². The summed E-state index contributed by atoms with van der Waals surface area (Å²) in [5.41, 5.74) is 8.21. The van der Waals surface area contributed by atoms with Crippen molar-refractivity contribution < 1.29 is 9.59 Å². The molecule has 0 saturated carbocycles. The fourth-order valence-electron chi connectivity index (χ4n) is 4.59. The second-order valence-corrected chi connectivity index (χ2v) is 8.53. The number of amides is 2. The molecular formula is C22H25ClN4O2. The van der Waals surface area contributed by atoms with E-state index in [9.17, 15) is 9.59 Å². The summed E-state index contributed by atoms with van der Waals surface area (Å²) in [4.78, 5) is 32.8. The molecule has 152 valence electrons. The minimum Gasteiger partial charge on any atom is -0.370 e. The fraction of sp³-hybridized carbons (Fsp3) is 0.409. The third kappa shape index (κ3) is 4.14. The van der Waals surface area contributed by atoms with E-state index in [-0.39, 0.29) is 24.3 Å². The molecule has 4 rings (SSSR count). The van der Waals surface area contributed by atoms with Crippen LogP contribution in [-0.2, 0) is 4.79 Å². The van der Waals surface area contributed by atoms with Crippen molar-refractivity contribution >= 4 is 23.4 Å². The molecule has 3 atom stereocenters. The molecule has 1 aromatic carbocycles. The number of aromatic nitrogens is 1. The standard InChI is InChI=1S/C22H25ClN4O2/c1-14-4-5-15(7-19(14)23)20(8-21(24)28)26-10-17-12-27(13-18(17)11-26)22(29)16-3-2-6-25-9-16/h2-7,9,17-18,20H,8,10-13H2,1H3,(H2,24,28). The van der Waals surface area contributed by atoms with Gasteiger partial charge in [0.05, 0.1) is 5.56 Å². The van der Waals surface area contributed by atoms with Gasteiger partial charge in [0.25, 0.3) is 5.91 Å². The van der Waals surface area contributed by atoms with Crippen LogP contribution in [0, 0.1) is 18.8 Å². The Kier molecular flexibility index (Phi) is 5.56. The van der Waals surface area contributed by atoms with E-state index in [1.54, 1.807) is 24.5 Å². The largest absolute Gasteiger partial charge is 0.370 e. The minimum absolute atomic E-state index is 0.0399. The van der Waals surface area contributed by atoms with Gasteiger partial charge in [-0.3, -0.25) is 19.5 Å². The van der Waals surface area contributed by atoms with Gasteiger partial charge in [0.1, 0.15) is 0 Å². The second kappa shape index (κ2) is 8.13. The van der Waals surface area contributed by atoms with Crippen LogP contribution >= 0.6 is 11.6 Å². The summed E-state index contributed by atoms with van der Waals surface area (Å²) in [5, 5.41) is 0.699. The normalized spacial score (nSPS) is 22.5. The maximum absolute atomic E-state index is 12.7. The van der Waals surface area contributed by atoms with Crippen LogP contribution in [0.4, 0.5) is 0 Å². The van der Waals surface area contributed by atoms with Gasteiger partial charge in [0.15, 0.2) is 0 Å². The van der Waals surface area contributed by atoms with Crippen molar-refractivity contribution in [2.75, 3.05) is 26.2 Å². The molecule has 2 aliphatic heterocycles. The smallest absolute Gasteiger partial charge is 0.255 e. The van der Waals surface area contributed by atoms with Gasteiger partial charge in [-0.05, 0) is 48.1 Å². The van der Waals surface area contributed by atoms with Crippen molar-refractivity contribution in [3.63, 3.8) is 0 Å². The maximum atomic E-state index is 12.7. The van der Waals surface area contributed by atoms with Crippen LogP contribution in [0.1, 0.15) is 33.9 Å². The average molecular weight is 413 g/mol. The highest BCUT2D eigenvalue weighted by atomic mass is 35.5. The van der Waals surface area contributed by atoms with E-state index < -0.39 is 0 Å². The van der Waals surface area contributed by atoms with Gasteiger partial charge in [-0.15, -0.1) is 0 Å². The number of carbonyl (C=O) groups excluding carboxylic acids is 2. The van der Waals surface area contributed by atoms with Crippen molar-refractivity contribution in [3.8, 4) is 0 Å². The summed E-state index contributed by atoms with van der Waals surface area (Å²) in [6.45, 7) is 5.10. The zero-order chi connectivity index (χ0) is 20.5. The first-order valence-corrected chi connectivity index (χ1v) is 10.3. The van der Waals surface area contributed by atoms with Crippen LogP contribution in [0.25, 0.3) is 0 Å². The van der Waals surface area contributed by atoms with Gasteiger partial charge in [0.2, 0.25) is 5.91 Å². The minimum atomic E-state index is -0.322. The molecule has 2 N–H and O–H groups in total. The molecule has 2 aliphatic rings. The molecular weight excluding hydrogens is 388 g/mol. The molecule has 3 heterocycles. The number of carbonyl (C=O) groups is 2. The van der Waals surface area contributed by atoms with E-state index in [4.69, 9.17) is 17.3 Å². The van der Waals surface area contributed by atoms with Crippen LogP contribution in [0.2, 0.25) is 5.02 Å². The quantitative estimate of drug-likeness (QED) is 0.818. The Morgan fingerprint density at radius 3 is 2.52 bits per heavy atom. The first-order valence-electron chi connectivity index (χ1n) is 9.90. The highest BCUT2D eigenvalue weighted by molar-refractivity contribution is 6.31. The van der Waals surface area contributed by atoms with Gasteiger partial charge in [-0.2, -0.15) is 0 Å². The Bertz CT molecular complexity index is 906. The summed E-state index contributed by atoms with van der Waals surface area (Å²) < 4.78 is 0. The number of rotatable bonds is 5. The average Bonchev–Trinajstić information content (AvgIpc) is 3.27. The van der Waals surface area contributed by atoms with E-state index in [0.717, 1.165) is 37.3 Å². The number of halogens is 1. The number of nitrogens with zero attached hydrogens (tertiary/aromatic N) is 3. The molecule has 0 bridgehead atoms. The predicted octanol–water partition coefficient (Wildman–Crippen LogP) is 2.66. The monoisotopic (exact) mass is 412 g/mol.